The molecule has 20 heavy (non-hydrogen) atoms. The van der Waals surface area contributed by atoms with Gasteiger partial charge in [0.2, 0.25) is 12.6 Å². The summed E-state index contributed by atoms with van der Waals surface area (Å²) in [5, 5.41) is 6.32. The summed E-state index contributed by atoms with van der Waals surface area (Å²) in [5.41, 5.74) is 5.97. The van der Waals surface area contributed by atoms with Crippen LogP contribution in [0.25, 0.3) is 11.4 Å². The van der Waals surface area contributed by atoms with Crippen molar-refractivity contribution in [1.82, 2.24) is 15.5 Å². The molecule has 0 aliphatic carbocycles. The number of aromatic nitrogens is 2. The van der Waals surface area contributed by atoms with Gasteiger partial charge in [0, 0.05) is 18.7 Å². The Hall–Kier alpha value is -2.61. The predicted octanol–water partition coefficient (Wildman–Crippen LogP) is 0.154. The number of fused-ring (bicyclic) bond motifs is 1. The Kier molecular flexibility index (Phi) is 3.21. The first-order valence-corrected chi connectivity index (χ1v) is 6.00. The Balaban J connectivity index is 1.81. The van der Waals surface area contributed by atoms with E-state index in [4.69, 9.17) is 19.7 Å². The van der Waals surface area contributed by atoms with E-state index in [0.29, 0.717) is 36.0 Å². The van der Waals surface area contributed by atoms with Crippen LogP contribution >= 0.6 is 0 Å². The molecular formula is C12H12N4O4. The highest BCUT2D eigenvalue weighted by Crippen LogP contribution is 2.35. The maximum absolute atomic E-state index is 11.6. The zero-order chi connectivity index (χ0) is 13.9. The van der Waals surface area contributed by atoms with Gasteiger partial charge in [0.25, 0.3) is 0 Å². The molecule has 3 rings (SSSR count). The van der Waals surface area contributed by atoms with Crippen molar-refractivity contribution >= 4 is 5.91 Å². The number of carbonyl (C=O) groups is 1. The van der Waals surface area contributed by atoms with E-state index in [1.165, 1.54) is 0 Å². The highest BCUT2D eigenvalue weighted by Gasteiger charge is 2.18. The van der Waals surface area contributed by atoms with Crippen LogP contribution in [0.15, 0.2) is 22.7 Å². The fraction of sp³-hybridized carbons (Fsp3) is 0.250. The van der Waals surface area contributed by atoms with Gasteiger partial charge in [-0.2, -0.15) is 4.98 Å². The number of benzene rings is 1. The van der Waals surface area contributed by atoms with E-state index in [9.17, 15) is 4.79 Å². The molecule has 0 atom stereocenters. The third kappa shape index (κ3) is 2.28. The highest BCUT2D eigenvalue weighted by atomic mass is 16.7. The molecule has 1 aromatic heterocycles. The van der Waals surface area contributed by atoms with Crippen LogP contribution in [0.2, 0.25) is 0 Å². The van der Waals surface area contributed by atoms with E-state index in [0.717, 1.165) is 0 Å². The van der Waals surface area contributed by atoms with Gasteiger partial charge in [0.05, 0.1) is 0 Å². The molecule has 104 valence electrons. The molecule has 2 heterocycles. The molecule has 0 unspecified atom stereocenters. The van der Waals surface area contributed by atoms with Crippen molar-refractivity contribution in [2.75, 3.05) is 19.9 Å². The summed E-state index contributed by atoms with van der Waals surface area (Å²) in [7, 11) is 0. The van der Waals surface area contributed by atoms with Crippen LogP contribution in [0, 0.1) is 0 Å². The van der Waals surface area contributed by atoms with Crippen molar-refractivity contribution < 1.29 is 18.8 Å². The highest BCUT2D eigenvalue weighted by molar-refractivity contribution is 5.89. The molecule has 1 aliphatic heterocycles. The summed E-state index contributed by atoms with van der Waals surface area (Å²) in [6.45, 7) is 0.882. The summed E-state index contributed by atoms with van der Waals surface area (Å²) in [4.78, 5) is 15.7. The van der Waals surface area contributed by atoms with Crippen LogP contribution < -0.4 is 20.5 Å². The lowest BCUT2D eigenvalue weighted by Crippen LogP contribution is -2.29. The number of hydrogen-bond acceptors (Lipinski definition) is 7. The van der Waals surface area contributed by atoms with E-state index >= 15 is 0 Å². The maximum Gasteiger partial charge on any atom is 0.316 e. The van der Waals surface area contributed by atoms with E-state index < -0.39 is 5.91 Å². The SMILES string of the molecule is NCCNC(=O)c1nc(-c2ccc3c(c2)OCO3)no1. The van der Waals surface area contributed by atoms with Gasteiger partial charge >= 0.3 is 11.8 Å². The quantitative estimate of drug-likeness (QED) is 0.817. The molecule has 3 N–H and O–H groups in total. The van der Waals surface area contributed by atoms with Gasteiger partial charge in [-0.05, 0) is 18.2 Å². The standard InChI is InChI=1S/C12H12N4O4/c13-3-4-14-11(17)12-15-10(16-20-12)7-1-2-8-9(5-7)19-6-18-8/h1-2,5H,3-4,6,13H2,(H,14,17). The van der Waals surface area contributed by atoms with Crippen LogP contribution in [0.4, 0.5) is 0 Å². The number of nitrogens with two attached hydrogens (primary N) is 1. The number of amides is 1. The molecule has 0 saturated heterocycles. The van der Waals surface area contributed by atoms with Gasteiger partial charge in [-0.25, -0.2) is 0 Å². The van der Waals surface area contributed by atoms with Crippen molar-refractivity contribution in [1.29, 1.82) is 0 Å². The Bertz CT molecular complexity index is 640. The molecule has 0 saturated carbocycles. The van der Waals surface area contributed by atoms with Crippen molar-refractivity contribution in [3.63, 3.8) is 0 Å². The van der Waals surface area contributed by atoms with Gasteiger partial charge < -0.3 is 25.0 Å². The molecule has 1 aromatic carbocycles. The van der Waals surface area contributed by atoms with Crippen LogP contribution in [0.5, 0.6) is 11.5 Å². The van der Waals surface area contributed by atoms with Gasteiger partial charge in [-0.3, -0.25) is 4.79 Å². The fourth-order valence-corrected chi connectivity index (χ4v) is 1.73. The van der Waals surface area contributed by atoms with Crippen molar-refractivity contribution in [2.45, 2.75) is 0 Å². The zero-order valence-corrected chi connectivity index (χ0v) is 10.5. The Morgan fingerprint density at radius 1 is 1.35 bits per heavy atom. The first-order valence-electron chi connectivity index (χ1n) is 6.00. The smallest absolute Gasteiger partial charge is 0.316 e. The topological polar surface area (TPSA) is 112 Å². The van der Waals surface area contributed by atoms with Crippen LogP contribution in [-0.4, -0.2) is 35.9 Å². The number of rotatable bonds is 4. The molecule has 0 bridgehead atoms. The first kappa shape index (κ1) is 12.4. The summed E-state index contributed by atoms with van der Waals surface area (Å²) >= 11 is 0. The molecule has 2 aromatic rings. The number of nitrogens with one attached hydrogen (secondary N) is 1. The van der Waals surface area contributed by atoms with Gasteiger partial charge in [0.1, 0.15) is 0 Å². The minimum absolute atomic E-state index is 0.105. The number of ether oxygens (including phenoxy) is 2. The summed E-state index contributed by atoms with van der Waals surface area (Å²) in [6.07, 6.45) is 0. The van der Waals surface area contributed by atoms with Gasteiger partial charge in [-0.1, -0.05) is 5.16 Å². The van der Waals surface area contributed by atoms with Crippen LogP contribution in [0.1, 0.15) is 10.7 Å². The molecular weight excluding hydrogens is 264 g/mol. The molecule has 0 radical (unpaired) electrons. The van der Waals surface area contributed by atoms with E-state index in [2.05, 4.69) is 15.5 Å². The second-order valence-corrected chi connectivity index (χ2v) is 4.04. The average molecular weight is 276 g/mol. The van der Waals surface area contributed by atoms with E-state index in [1.54, 1.807) is 18.2 Å². The summed E-state index contributed by atoms with van der Waals surface area (Å²) in [5.74, 6) is 1.03. The van der Waals surface area contributed by atoms with Crippen molar-refractivity contribution in [3.8, 4) is 22.9 Å². The molecule has 0 spiro atoms. The molecule has 8 heteroatoms. The second-order valence-electron chi connectivity index (χ2n) is 4.04. The van der Waals surface area contributed by atoms with Gasteiger partial charge in [-0.15, -0.1) is 0 Å². The Morgan fingerprint density at radius 3 is 3.05 bits per heavy atom. The minimum Gasteiger partial charge on any atom is -0.454 e. The minimum atomic E-state index is -0.449. The maximum atomic E-state index is 11.6. The lowest BCUT2D eigenvalue weighted by atomic mass is 10.2. The summed E-state index contributed by atoms with van der Waals surface area (Å²) in [6, 6.07) is 5.25. The number of nitrogens with zero attached hydrogens (tertiary/aromatic N) is 2. The van der Waals surface area contributed by atoms with E-state index in [1.807, 2.05) is 0 Å². The number of hydrogen-bond donors (Lipinski definition) is 2. The average Bonchev–Trinajstić information content (AvgIpc) is 3.12. The van der Waals surface area contributed by atoms with E-state index in [-0.39, 0.29) is 12.7 Å². The largest absolute Gasteiger partial charge is 0.454 e. The predicted molar refractivity (Wildman–Crippen MR) is 67.2 cm³/mol. The monoisotopic (exact) mass is 276 g/mol. The fourth-order valence-electron chi connectivity index (χ4n) is 1.73. The lowest BCUT2D eigenvalue weighted by Gasteiger charge is -1.98. The Labute approximate surface area is 113 Å². The first-order chi connectivity index (χ1) is 9.78. The Morgan fingerprint density at radius 2 is 2.20 bits per heavy atom. The third-order valence-electron chi connectivity index (χ3n) is 2.68. The van der Waals surface area contributed by atoms with Crippen molar-refractivity contribution in [2.24, 2.45) is 5.73 Å². The number of carbonyl (C=O) groups excluding carboxylic acids is 1. The third-order valence-corrected chi connectivity index (χ3v) is 2.68. The molecule has 8 nitrogen and oxygen atoms in total. The molecule has 1 aliphatic rings. The van der Waals surface area contributed by atoms with Crippen LogP contribution in [-0.2, 0) is 0 Å². The normalized spacial score (nSPS) is 12.4. The zero-order valence-electron chi connectivity index (χ0n) is 10.5. The molecule has 0 fully saturated rings. The molecule has 1 amide bonds. The van der Waals surface area contributed by atoms with Crippen LogP contribution in [0.3, 0.4) is 0 Å². The second kappa shape index (κ2) is 5.17. The summed E-state index contributed by atoms with van der Waals surface area (Å²) < 4.78 is 15.4. The lowest BCUT2D eigenvalue weighted by molar-refractivity contribution is 0.0911. The van der Waals surface area contributed by atoms with Gasteiger partial charge in [0.15, 0.2) is 11.5 Å². The van der Waals surface area contributed by atoms with Crippen molar-refractivity contribution in [3.05, 3.63) is 24.1 Å².